The van der Waals surface area contributed by atoms with Crippen LogP contribution in [0.4, 0.5) is 4.39 Å². The van der Waals surface area contributed by atoms with Crippen LogP contribution >= 0.6 is 0 Å². The lowest BCUT2D eigenvalue weighted by Crippen LogP contribution is -1.99. The molecule has 0 heterocycles. The Labute approximate surface area is 122 Å². The molecule has 0 aliphatic rings. The van der Waals surface area contributed by atoms with Crippen molar-refractivity contribution in [3.8, 4) is 12.1 Å². The second kappa shape index (κ2) is 7.18. The molecule has 0 aliphatic heterocycles. The predicted molar refractivity (Wildman–Crippen MR) is 75.4 cm³/mol. The number of benzene rings is 2. The monoisotopic (exact) mass is 302 g/mol. The third-order valence-corrected chi connectivity index (χ3v) is 3.52. The SMILES string of the molecule is CS(=O)(=O)c1ccccc1C#N.N#Cc1cccc(F)c1. The fourth-order valence-corrected chi connectivity index (χ4v) is 2.28. The van der Waals surface area contributed by atoms with Gasteiger partial charge in [-0.15, -0.1) is 0 Å². The molecule has 2 rings (SSSR count). The van der Waals surface area contributed by atoms with E-state index >= 15 is 0 Å². The first-order valence-electron chi connectivity index (χ1n) is 5.73. The van der Waals surface area contributed by atoms with Gasteiger partial charge < -0.3 is 0 Å². The van der Waals surface area contributed by atoms with E-state index in [9.17, 15) is 12.8 Å². The fourth-order valence-electron chi connectivity index (χ4n) is 1.44. The van der Waals surface area contributed by atoms with E-state index in [1.807, 2.05) is 12.1 Å². The molecule has 21 heavy (non-hydrogen) atoms. The minimum absolute atomic E-state index is 0.0903. The third-order valence-electron chi connectivity index (χ3n) is 2.36. The van der Waals surface area contributed by atoms with E-state index in [1.165, 1.54) is 30.3 Å². The van der Waals surface area contributed by atoms with Crippen molar-refractivity contribution in [1.29, 1.82) is 10.5 Å². The van der Waals surface area contributed by atoms with E-state index < -0.39 is 9.84 Å². The van der Waals surface area contributed by atoms with Gasteiger partial charge in [0, 0.05) is 6.26 Å². The maximum atomic E-state index is 12.2. The molecule has 0 saturated carbocycles. The van der Waals surface area contributed by atoms with Crippen LogP contribution in [0.5, 0.6) is 0 Å². The van der Waals surface area contributed by atoms with Crippen LogP contribution in [-0.4, -0.2) is 14.7 Å². The molecule has 106 valence electrons. The summed E-state index contributed by atoms with van der Waals surface area (Å²) < 4.78 is 34.3. The van der Waals surface area contributed by atoms with Crippen LogP contribution in [0, 0.1) is 28.5 Å². The summed E-state index contributed by atoms with van der Waals surface area (Å²) in [6.07, 6.45) is 1.09. The van der Waals surface area contributed by atoms with Crippen molar-refractivity contribution in [1.82, 2.24) is 0 Å². The molecule has 0 atom stereocenters. The molecule has 4 nitrogen and oxygen atoms in total. The van der Waals surface area contributed by atoms with E-state index in [0.717, 1.165) is 6.26 Å². The number of hydrogen-bond donors (Lipinski definition) is 0. The molecule has 0 fully saturated rings. The summed E-state index contributed by atoms with van der Waals surface area (Å²) in [5.41, 5.74) is 0.551. The van der Waals surface area contributed by atoms with E-state index in [1.54, 1.807) is 18.2 Å². The zero-order valence-electron chi connectivity index (χ0n) is 11.1. The molecule has 0 N–H and O–H groups in total. The van der Waals surface area contributed by atoms with Gasteiger partial charge in [-0.05, 0) is 30.3 Å². The number of sulfone groups is 1. The minimum atomic E-state index is -3.27. The summed E-state index contributed by atoms with van der Waals surface area (Å²) in [5, 5.41) is 16.8. The number of nitriles is 2. The van der Waals surface area contributed by atoms with E-state index in [0.29, 0.717) is 5.56 Å². The Bertz CT molecular complexity index is 818. The highest BCUT2D eigenvalue weighted by Crippen LogP contribution is 2.13. The molecule has 0 aliphatic carbocycles. The first-order valence-corrected chi connectivity index (χ1v) is 7.62. The quantitative estimate of drug-likeness (QED) is 0.811. The van der Waals surface area contributed by atoms with Gasteiger partial charge in [-0.3, -0.25) is 0 Å². The van der Waals surface area contributed by atoms with Gasteiger partial charge in [-0.25, -0.2) is 12.8 Å². The molecular weight excluding hydrogens is 291 g/mol. The zero-order valence-corrected chi connectivity index (χ0v) is 11.9. The molecule has 0 radical (unpaired) electrons. The lowest BCUT2D eigenvalue weighted by molar-refractivity contribution is 0.601. The lowest BCUT2D eigenvalue weighted by Gasteiger charge is -1.98. The predicted octanol–water partition coefficient (Wildman–Crippen LogP) is 2.66. The van der Waals surface area contributed by atoms with Crippen molar-refractivity contribution in [2.24, 2.45) is 0 Å². The van der Waals surface area contributed by atoms with Crippen molar-refractivity contribution < 1.29 is 12.8 Å². The Kier molecular flexibility index (Phi) is 5.59. The van der Waals surface area contributed by atoms with Crippen LogP contribution in [-0.2, 0) is 9.84 Å². The fraction of sp³-hybridized carbons (Fsp3) is 0.0667. The average Bonchev–Trinajstić information content (AvgIpc) is 2.47. The summed E-state index contributed by atoms with van der Waals surface area (Å²) >= 11 is 0. The Morgan fingerprint density at radius 2 is 1.67 bits per heavy atom. The van der Waals surface area contributed by atoms with Crippen molar-refractivity contribution in [2.75, 3.05) is 6.26 Å². The van der Waals surface area contributed by atoms with Crippen LogP contribution < -0.4 is 0 Å². The third kappa shape index (κ3) is 5.06. The summed E-state index contributed by atoms with van der Waals surface area (Å²) in [5.74, 6) is -0.367. The molecule has 0 saturated heterocycles. The van der Waals surface area contributed by atoms with E-state index in [2.05, 4.69) is 0 Å². The molecule has 0 spiro atoms. The molecule has 0 unspecified atom stereocenters. The van der Waals surface area contributed by atoms with Crippen LogP contribution in [0.1, 0.15) is 11.1 Å². The van der Waals surface area contributed by atoms with Crippen LogP contribution in [0.15, 0.2) is 53.4 Å². The van der Waals surface area contributed by atoms with Gasteiger partial charge in [-0.1, -0.05) is 18.2 Å². The number of nitrogens with zero attached hydrogens (tertiary/aromatic N) is 2. The summed E-state index contributed by atoms with van der Waals surface area (Å²) in [6, 6.07) is 15.4. The maximum Gasteiger partial charge on any atom is 0.176 e. The largest absolute Gasteiger partial charge is 0.224 e. The van der Waals surface area contributed by atoms with Crippen LogP contribution in [0.25, 0.3) is 0 Å². The zero-order chi connectivity index (χ0) is 15.9. The topological polar surface area (TPSA) is 81.7 Å². The molecule has 6 heteroatoms. The van der Waals surface area contributed by atoms with Gasteiger partial charge in [0.15, 0.2) is 9.84 Å². The molecule has 2 aromatic carbocycles. The van der Waals surface area contributed by atoms with Gasteiger partial charge in [0.25, 0.3) is 0 Å². The smallest absolute Gasteiger partial charge is 0.176 e. The van der Waals surface area contributed by atoms with E-state index in [-0.39, 0.29) is 16.3 Å². The van der Waals surface area contributed by atoms with Gasteiger partial charge in [0.05, 0.1) is 22.1 Å². The van der Waals surface area contributed by atoms with Gasteiger partial charge in [0.2, 0.25) is 0 Å². The highest BCUT2D eigenvalue weighted by Gasteiger charge is 2.10. The number of halogens is 1. The molecule has 0 amide bonds. The van der Waals surface area contributed by atoms with Crippen molar-refractivity contribution in [3.05, 3.63) is 65.5 Å². The van der Waals surface area contributed by atoms with Crippen molar-refractivity contribution in [3.63, 3.8) is 0 Å². The highest BCUT2D eigenvalue weighted by molar-refractivity contribution is 7.90. The number of hydrogen-bond acceptors (Lipinski definition) is 4. The van der Waals surface area contributed by atoms with Gasteiger partial charge >= 0.3 is 0 Å². The van der Waals surface area contributed by atoms with Crippen LogP contribution in [0.2, 0.25) is 0 Å². The Balaban J connectivity index is 0.000000219. The first-order chi connectivity index (χ1) is 9.88. The lowest BCUT2D eigenvalue weighted by atomic mass is 10.2. The molecular formula is C15H11FN2O2S. The van der Waals surface area contributed by atoms with Crippen LogP contribution in [0.3, 0.4) is 0 Å². The number of rotatable bonds is 1. The summed E-state index contributed by atoms with van der Waals surface area (Å²) in [7, 11) is -3.27. The molecule has 0 aromatic heterocycles. The Morgan fingerprint density at radius 1 is 1.00 bits per heavy atom. The Hall–Kier alpha value is -2.70. The van der Waals surface area contributed by atoms with Gasteiger partial charge in [-0.2, -0.15) is 10.5 Å². The normalized spacial score (nSPS) is 9.71. The second-order valence-corrected chi connectivity index (χ2v) is 5.99. The summed E-state index contributed by atoms with van der Waals surface area (Å²) in [6.45, 7) is 0. The molecule has 2 aromatic rings. The van der Waals surface area contributed by atoms with Crippen molar-refractivity contribution in [2.45, 2.75) is 4.90 Å². The minimum Gasteiger partial charge on any atom is -0.224 e. The summed E-state index contributed by atoms with van der Waals surface area (Å²) in [4.78, 5) is 0.0903. The Morgan fingerprint density at radius 3 is 2.10 bits per heavy atom. The molecule has 0 bridgehead atoms. The van der Waals surface area contributed by atoms with E-state index in [4.69, 9.17) is 10.5 Å². The standard InChI is InChI=1S/C8H7NO2S.C7H4FN/c1-12(10,11)8-5-3-2-4-7(8)6-9;8-7-3-1-2-6(4-7)5-9/h2-5H,1H3;1-4H. The maximum absolute atomic E-state index is 12.2. The highest BCUT2D eigenvalue weighted by atomic mass is 32.2. The average molecular weight is 302 g/mol. The van der Waals surface area contributed by atoms with Crippen molar-refractivity contribution >= 4 is 9.84 Å². The van der Waals surface area contributed by atoms with Gasteiger partial charge in [0.1, 0.15) is 11.9 Å². The first kappa shape index (κ1) is 16.4. The second-order valence-electron chi connectivity index (χ2n) is 4.00.